The van der Waals surface area contributed by atoms with Crippen LogP contribution in [-0.4, -0.2) is 20.2 Å². The molecule has 0 saturated carbocycles. The average molecular weight is 238 g/mol. The van der Waals surface area contributed by atoms with Gasteiger partial charge >= 0.3 is 5.97 Å². The van der Waals surface area contributed by atoms with E-state index in [0.29, 0.717) is 5.56 Å². The lowest BCUT2D eigenvalue weighted by Gasteiger charge is -2.12. The summed E-state index contributed by atoms with van der Waals surface area (Å²) in [4.78, 5) is 11.5. The van der Waals surface area contributed by atoms with E-state index < -0.39 is 0 Å². The van der Waals surface area contributed by atoms with Crippen molar-refractivity contribution in [1.29, 1.82) is 0 Å². The molecule has 17 heavy (non-hydrogen) atoms. The fourth-order valence-electron chi connectivity index (χ4n) is 1.44. The number of ether oxygens (including phenoxy) is 2. The van der Waals surface area contributed by atoms with E-state index in [-0.39, 0.29) is 11.9 Å². The highest BCUT2D eigenvalue weighted by atomic mass is 16.5. The third-order valence-corrected chi connectivity index (χ3v) is 2.29. The van der Waals surface area contributed by atoms with Crippen LogP contribution in [-0.2, 0) is 4.74 Å². The molecule has 0 unspecified atom stereocenters. The normalized spacial score (nSPS) is 9.35. The number of carbonyl (C=O) groups is 1. The summed E-state index contributed by atoms with van der Waals surface area (Å²) < 4.78 is 9.84. The summed E-state index contributed by atoms with van der Waals surface area (Å²) in [5.41, 5.74) is 1.55. The van der Waals surface area contributed by atoms with Crippen LogP contribution in [0.3, 0.4) is 0 Å². The Morgan fingerprint density at radius 2 is 1.76 bits per heavy atom. The fourth-order valence-corrected chi connectivity index (χ4v) is 1.44. The highest BCUT2D eigenvalue weighted by Crippen LogP contribution is 2.25. The van der Waals surface area contributed by atoms with Gasteiger partial charge in [0.15, 0.2) is 0 Å². The SMILES string of the molecule is CC.COC(=O)c1ccc(OC)cc1C(C)C. The Labute approximate surface area is 104 Å². The van der Waals surface area contributed by atoms with E-state index in [2.05, 4.69) is 0 Å². The Balaban J connectivity index is 0.00000121. The molecule has 0 aliphatic carbocycles. The number of benzene rings is 1. The molecule has 0 aliphatic heterocycles. The number of rotatable bonds is 3. The van der Waals surface area contributed by atoms with E-state index in [4.69, 9.17) is 9.47 Å². The van der Waals surface area contributed by atoms with Crippen molar-refractivity contribution in [3.8, 4) is 5.75 Å². The van der Waals surface area contributed by atoms with Crippen LogP contribution in [0, 0.1) is 0 Å². The number of esters is 1. The molecule has 0 amide bonds. The Morgan fingerprint density at radius 1 is 1.18 bits per heavy atom. The minimum atomic E-state index is -0.304. The third kappa shape index (κ3) is 4.10. The number of hydrogen-bond acceptors (Lipinski definition) is 3. The summed E-state index contributed by atoms with van der Waals surface area (Å²) >= 11 is 0. The van der Waals surface area contributed by atoms with Crippen LogP contribution >= 0.6 is 0 Å². The second-order valence-electron chi connectivity index (χ2n) is 3.60. The third-order valence-electron chi connectivity index (χ3n) is 2.29. The molecule has 0 atom stereocenters. The summed E-state index contributed by atoms with van der Waals surface area (Å²) in [7, 11) is 2.99. The van der Waals surface area contributed by atoms with Gasteiger partial charge < -0.3 is 9.47 Å². The highest BCUT2D eigenvalue weighted by molar-refractivity contribution is 5.91. The molecule has 3 heteroatoms. The van der Waals surface area contributed by atoms with E-state index in [0.717, 1.165) is 11.3 Å². The molecule has 0 fully saturated rings. The van der Waals surface area contributed by atoms with Crippen molar-refractivity contribution in [2.45, 2.75) is 33.6 Å². The fraction of sp³-hybridized carbons (Fsp3) is 0.500. The van der Waals surface area contributed by atoms with E-state index in [9.17, 15) is 4.79 Å². The van der Waals surface area contributed by atoms with Gasteiger partial charge in [-0.15, -0.1) is 0 Å². The minimum Gasteiger partial charge on any atom is -0.497 e. The molecule has 0 N–H and O–H groups in total. The first-order valence-electron chi connectivity index (χ1n) is 5.86. The molecular formula is C14H22O3. The first-order valence-corrected chi connectivity index (χ1v) is 5.86. The maximum atomic E-state index is 11.5. The van der Waals surface area contributed by atoms with Gasteiger partial charge in [0.1, 0.15) is 5.75 Å². The molecule has 0 saturated heterocycles. The minimum absolute atomic E-state index is 0.259. The largest absolute Gasteiger partial charge is 0.497 e. The van der Waals surface area contributed by atoms with Crippen LogP contribution in [0.5, 0.6) is 5.75 Å². The number of methoxy groups -OCH3 is 2. The van der Waals surface area contributed by atoms with E-state index in [1.54, 1.807) is 19.2 Å². The van der Waals surface area contributed by atoms with Crippen molar-refractivity contribution < 1.29 is 14.3 Å². The van der Waals surface area contributed by atoms with Crippen molar-refractivity contribution in [2.24, 2.45) is 0 Å². The number of carbonyl (C=O) groups excluding carboxylic acids is 1. The second kappa shape index (κ2) is 7.71. The van der Waals surface area contributed by atoms with E-state index in [1.165, 1.54) is 7.11 Å². The van der Waals surface area contributed by atoms with E-state index >= 15 is 0 Å². The molecule has 3 nitrogen and oxygen atoms in total. The van der Waals surface area contributed by atoms with Gasteiger partial charge in [0, 0.05) is 0 Å². The zero-order valence-electron chi connectivity index (χ0n) is 11.5. The van der Waals surface area contributed by atoms with Gasteiger partial charge in [-0.3, -0.25) is 0 Å². The van der Waals surface area contributed by atoms with Gasteiger partial charge in [-0.25, -0.2) is 4.79 Å². The van der Waals surface area contributed by atoms with Crippen molar-refractivity contribution in [2.75, 3.05) is 14.2 Å². The lowest BCUT2D eigenvalue weighted by molar-refractivity contribution is 0.0599. The van der Waals surface area contributed by atoms with Crippen molar-refractivity contribution in [3.63, 3.8) is 0 Å². The maximum absolute atomic E-state index is 11.5. The van der Waals surface area contributed by atoms with Gasteiger partial charge in [0.2, 0.25) is 0 Å². The lowest BCUT2D eigenvalue weighted by atomic mass is 9.97. The zero-order chi connectivity index (χ0) is 13.4. The van der Waals surface area contributed by atoms with Crippen LogP contribution in [0.25, 0.3) is 0 Å². The zero-order valence-corrected chi connectivity index (χ0v) is 11.5. The summed E-state index contributed by atoms with van der Waals surface area (Å²) in [6.07, 6.45) is 0. The predicted molar refractivity (Wildman–Crippen MR) is 69.8 cm³/mol. The van der Waals surface area contributed by atoms with Crippen molar-refractivity contribution in [3.05, 3.63) is 29.3 Å². The van der Waals surface area contributed by atoms with Crippen molar-refractivity contribution >= 4 is 5.97 Å². The van der Waals surface area contributed by atoms with Gasteiger partial charge in [-0.1, -0.05) is 27.7 Å². The molecule has 0 heterocycles. The highest BCUT2D eigenvalue weighted by Gasteiger charge is 2.14. The molecule has 1 rings (SSSR count). The molecular weight excluding hydrogens is 216 g/mol. The molecule has 0 spiro atoms. The first kappa shape index (κ1) is 15.5. The van der Waals surface area contributed by atoms with Gasteiger partial charge in [-0.2, -0.15) is 0 Å². The Hall–Kier alpha value is -1.51. The van der Waals surface area contributed by atoms with Gasteiger partial charge in [0.25, 0.3) is 0 Å². The van der Waals surface area contributed by atoms with Crippen LogP contribution in [0.1, 0.15) is 49.5 Å². The van der Waals surface area contributed by atoms with Gasteiger partial charge in [0.05, 0.1) is 19.8 Å². The van der Waals surface area contributed by atoms with Crippen LogP contribution in [0.2, 0.25) is 0 Å². The van der Waals surface area contributed by atoms with Crippen LogP contribution < -0.4 is 4.74 Å². The van der Waals surface area contributed by atoms with Crippen molar-refractivity contribution in [1.82, 2.24) is 0 Å². The molecule has 1 aromatic carbocycles. The monoisotopic (exact) mass is 238 g/mol. The summed E-state index contributed by atoms with van der Waals surface area (Å²) in [6.45, 7) is 8.06. The quantitative estimate of drug-likeness (QED) is 0.754. The first-order chi connectivity index (χ1) is 8.10. The molecule has 0 aliphatic rings. The molecule has 0 aromatic heterocycles. The van der Waals surface area contributed by atoms with Crippen LogP contribution in [0.4, 0.5) is 0 Å². The Kier molecular flexibility index (Phi) is 7.03. The maximum Gasteiger partial charge on any atom is 0.338 e. The summed E-state index contributed by atoms with van der Waals surface area (Å²) in [5, 5.41) is 0. The summed E-state index contributed by atoms with van der Waals surface area (Å²) in [6, 6.07) is 5.37. The Morgan fingerprint density at radius 3 is 2.18 bits per heavy atom. The predicted octanol–water partition coefficient (Wildman–Crippen LogP) is 3.63. The lowest BCUT2D eigenvalue weighted by Crippen LogP contribution is -2.07. The standard InChI is InChI=1S/C12H16O3.C2H6/c1-8(2)11-7-9(14-3)5-6-10(11)12(13)15-4;1-2/h5-8H,1-4H3;1-2H3. The van der Waals surface area contributed by atoms with Crippen LogP contribution in [0.15, 0.2) is 18.2 Å². The molecule has 96 valence electrons. The summed E-state index contributed by atoms with van der Waals surface area (Å²) in [5.74, 6) is 0.710. The second-order valence-corrected chi connectivity index (χ2v) is 3.60. The molecule has 0 bridgehead atoms. The molecule has 0 radical (unpaired) electrons. The number of hydrogen-bond donors (Lipinski definition) is 0. The topological polar surface area (TPSA) is 35.5 Å². The molecule has 1 aromatic rings. The average Bonchev–Trinajstić information content (AvgIpc) is 2.39. The van der Waals surface area contributed by atoms with E-state index in [1.807, 2.05) is 33.8 Å². The van der Waals surface area contributed by atoms with Gasteiger partial charge in [-0.05, 0) is 29.7 Å². The Bertz CT molecular complexity index is 356. The smallest absolute Gasteiger partial charge is 0.338 e.